The van der Waals surface area contributed by atoms with Gasteiger partial charge in [-0.2, -0.15) is 0 Å². The van der Waals surface area contributed by atoms with Crippen LogP contribution in [0.15, 0.2) is 0 Å². The molecule has 27 heavy (non-hydrogen) atoms. The van der Waals surface area contributed by atoms with Crippen molar-refractivity contribution in [2.75, 3.05) is 19.8 Å². The molecule has 0 radical (unpaired) electrons. The monoisotopic (exact) mass is 409 g/mol. The van der Waals surface area contributed by atoms with E-state index in [2.05, 4.69) is 5.32 Å². The molecule has 0 unspecified atom stereocenters. The maximum Gasteiger partial charge on any atom is 0.237 e. The molecule has 2 heterocycles. The van der Waals surface area contributed by atoms with Gasteiger partial charge in [-0.25, -0.2) is 0 Å². The molecule has 2 aliphatic rings. The lowest BCUT2D eigenvalue weighted by atomic mass is 9.92. The molecule has 158 valence electrons. The number of aliphatic hydroxyl groups is 4. The molecule has 1 amide bonds. The summed E-state index contributed by atoms with van der Waals surface area (Å²) in [6.45, 7) is 1.25. The Hall–Kier alpha value is -0.420. The van der Waals surface area contributed by atoms with E-state index in [0.29, 0.717) is 6.42 Å². The molecule has 9 heteroatoms. The number of thioether (sulfide) groups is 1. The summed E-state index contributed by atoms with van der Waals surface area (Å²) in [5.41, 5.74) is -0.856. The molecule has 8 nitrogen and oxygen atoms in total. The molecule has 0 aliphatic carbocycles. The minimum Gasteiger partial charge on any atom is -0.391 e. The first-order valence-electron chi connectivity index (χ1n) is 10.9. The summed E-state index contributed by atoms with van der Waals surface area (Å²) in [4.78, 5) is 14.2. The number of likely N-dealkylation sites (N-methyl/N-ethyl adjacent to an activating group) is 1. The molecule has 2 saturated heterocycles. The Labute approximate surface area is 169 Å². The van der Waals surface area contributed by atoms with E-state index in [1.54, 1.807) is 6.26 Å². The Bertz CT molecular complexity index is 583. The number of nitrogens with one attached hydrogen (secondary N) is 1. The smallest absolute Gasteiger partial charge is 0.237 e. The summed E-state index contributed by atoms with van der Waals surface area (Å²) in [5, 5.41) is 43.5. The second-order valence-electron chi connectivity index (χ2n) is 7.51. The fourth-order valence-electron chi connectivity index (χ4n) is 3.89. The Morgan fingerprint density at radius 2 is 2.07 bits per heavy atom. The summed E-state index contributed by atoms with van der Waals surface area (Å²) in [7, 11) is 0. The van der Waals surface area contributed by atoms with Crippen LogP contribution < -0.4 is 5.32 Å². The van der Waals surface area contributed by atoms with Crippen molar-refractivity contribution in [3.05, 3.63) is 0 Å². The largest absolute Gasteiger partial charge is 0.391 e. The first kappa shape index (κ1) is 18.6. The second kappa shape index (κ2) is 9.87. The van der Waals surface area contributed by atoms with Crippen LogP contribution in [0.4, 0.5) is 0 Å². The quantitative estimate of drug-likeness (QED) is 0.368. The number of hydrogen-bond acceptors (Lipinski definition) is 8. The minimum absolute atomic E-state index is 0.0746. The molecular weight excluding hydrogens is 372 g/mol. The molecule has 9 atom stereocenters. The fourth-order valence-corrected chi connectivity index (χ4v) is 4.57. The molecular formula is C18H34N2O6S. The highest BCUT2D eigenvalue weighted by molar-refractivity contribution is 7.99. The van der Waals surface area contributed by atoms with Crippen molar-refractivity contribution in [3.63, 3.8) is 0 Å². The zero-order valence-electron chi connectivity index (χ0n) is 19.0. The lowest BCUT2D eigenvalue weighted by Gasteiger charge is -2.44. The molecule has 2 rings (SSSR count). The highest BCUT2D eigenvalue weighted by Crippen LogP contribution is 2.30. The highest BCUT2D eigenvalue weighted by Gasteiger charge is 2.48. The zero-order valence-corrected chi connectivity index (χ0v) is 16.8. The number of nitrogens with zero attached hydrogens (tertiary/aromatic N) is 1. The van der Waals surface area contributed by atoms with Crippen LogP contribution in [-0.2, 0) is 9.53 Å². The SMILES string of the molecule is [2H]C([2H])([2H])N1C[C@H](CCC)C[C@H]1C(=O)N[C@@H]([C@H]1O[C@H](SC)[C@H](O)[C@@H](O)[C@H]1O)[C@@H](C)O. The summed E-state index contributed by atoms with van der Waals surface area (Å²) in [6.07, 6.45) is -3.00. The van der Waals surface area contributed by atoms with Crippen LogP contribution in [0, 0.1) is 5.92 Å². The first-order chi connectivity index (χ1) is 13.9. The van der Waals surface area contributed by atoms with E-state index >= 15 is 0 Å². The second-order valence-corrected chi connectivity index (χ2v) is 8.45. The number of aliphatic hydroxyl groups excluding tert-OH is 4. The number of likely N-dealkylation sites (tertiary alicyclic amines) is 1. The Balaban J connectivity index is 2.20. The molecule has 0 spiro atoms. The lowest BCUT2D eigenvalue weighted by Crippen LogP contribution is -2.65. The summed E-state index contributed by atoms with van der Waals surface area (Å²) in [6, 6.07) is -2.00. The normalized spacial score (nSPS) is 42.0. The number of hydrogen-bond donors (Lipinski definition) is 5. The van der Waals surface area contributed by atoms with Gasteiger partial charge in [-0.3, -0.25) is 9.69 Å². The number of ether oxygens (including phenoxy) is 1. The maximum atomic E-state index is 13.0. The first-order valence-corrected chi connectivity index (χ1v) is 10.7. The molecule has 2 aliphatic heterocycles. The number of rotatable bonds is 7. The average Bonchev–Trinajstić information content (AvgIpc) is 3.09. The minimum atomic E-state index is -2.43. The van der Waals surface area contributed by atoms with Crippen LogP contribution in [0.2, 0.25) is 0 Å². The van der Waals surface area contributed by atoms with E-state index in [1.165, 1.54) is 11.8 Å². The summed E-state index contributed by atoms with van der Waals surface area (Å²) < 4.78 is 29.0. The number of carbonyl (C=O) groups excluding carboxylic acids is 1. The van der Waals surface area contributed by atoms with Crippen molar-refractivity contribution in [1.82, 2.24) is 10.2 Å². The molecule has 0 saturated carbocycles. The zero-order chi connectivity index (χ0) is 22.8. The molecule has 0 aromatic rings. The Morgan fingerprint density at radius 1 is 1.37 bits per heavy atom. The predicted molar refractivity (Wildman–Crippen MR) is 103 cm³/mol. The van der Waals surface area contributed by atoms with Gasteiger partial charge in [-0.15, -0.1) is 11.8 Å². The van der Waals surface area contributed by atoms with E-state index in [0.717, 1.165) is 24.6 Å². The molecule has 0 bridgehead atoms. The van der Waals surface area contributed by atoms with Gasteiger partial charge in [0.05, 0.1) is 18.2 Å². The predicted octanol–water partition coefficient (Wildman–Crippen LogP) is -0.857. The van der Waals surface area contributed by atoms with Gasteiger partial charge in [0.2, 0.25) is 5.91 Å². The van der Waals surface area contributed by atoms with Gasteiger partial charge >= 0.3 is 0 Å². The van der Waals surface area contributed by atoms with Crippen molar-refractivity contribution in [1.29, 1.82) is 0 Å². The van der Waals surface area contributed by atoms with Crippen molar-refractivity contribution in [2.24, 2.45) is 5.92 Å². The van der Waals surface area contributed by atoms with Crippen LogP contribution in [0.5, 0.6) is 0 Å². The van der Waals surface area contributed by atoms with Crippen molar-refractivity contribution in [3.8, 4) is 0 Å². The lowest BCUT2D eigenvalue weighted by molar-refractivity contribution is -0.211. The van der Waals surface area contributed by atoms with Crippen LogP contribution in [0.25, 0.3) is 0 Å². The van der Waals surface area contributed by atoms with Gasteiger partial charge < -0.3 is 30.5 Å². The Kier molecular flexibility index (Phi) is 6.80. The van der Waals surface area contributed by atoms with Crippen LogP contribution >= 0.6 is 11.8 Å². The van der Waals surface area contributed by atoms with E-state index in [9.17, 15) is 25.2 Å². The summed E-state index contributed by atoms with van der Waals surface area (Å²) >= 11 is 1.13. The standard InChI is InChI=1S/C18H34N2O6S/c1-5-6-10-7-11(20(3)8-10)17(25)19-12(9(2)21)16-14(23)13(22)15(24)18(26-16)27-4/h9-16,18,21-24H,5-8H2,1-4H3,(H,19,25)/t9-,10-,11+,12-,13+,14-,15-,16-,18-/m1/s1/i3D3. The third-order valence-electron chi connectivity index (χ3n) is 5.41. The topological polar surface area (TPSA) is 122 Å². The van der Waals surface area contributed by atoms with Crippen molar-refractivity contribution >= 4 is 17.7 Å². The fraction of sp³-hybridized carbons (Fsp3) is 0.944. The summed E-state index contributed by atoms with van der Waals surface area (Å²) in [5.74, 6) is -0.502. The van der Waals surface area contributed by atoms with Crippen molar-refractivity contribution < 1.29 is 34.1 Å². The van der Waals surface area contributed by atoms with E-state index in [4.69, 9.17) is 8.85 Å². The molecule has 0 aromatic carbocycles. The molecule has 2 fully saturated rings. The molecule has 5 N–H and O–H groups in total. The third kappa shape index (κ3) is 5.14. The van der Waals surface area contributed by atoms with Crippen molar-refractivity contribution in [2.45, 2.75) is 81.1 Å². The average molecular weight is 410 g/mol. The van der Waals surface area contributed by atoms with E-state index in [1.807, 2.05) is 6.92 Å². The van der Waals surface area contributed by atoms with Gasteiger partial charge in [0.25, 0.3) is 0 Å². The van der Waals surface area contributed by atoms with Crippen LogP contribution in [0.1, 0.15) is 37.2 Å². The number of amides is 1. The van der Waals surface area contributed by atoms with Gasteiger partial charge in [0.1, 0.15) is 29.9 Å². The van der Waals surface area contributed by atoms with Gasteiger partial charge in [-0.1, -0.05) is 13.3 Å². The van der Waals surface area contributed by atoms with Gasteiger partial charge in [-0.05, 0) is 38.9 Å². The van der Waals surface area contributed by atoms with Crippen LogP contribution in [-0.4, -0.2) is 99.0 Å². The van der Waals surface area contributed by atoms with Crippen LogP contribution in [0.3, 0.4) is 0 Å². The maximum absolute atomic E-state index is 13.0. The Morgan fingerprint density at radius 3 is 2.63 bits per heavy atom. The van der Waals surface area contributed by atoms with E-state index < -0.39 is 60.9 Å². The van der Waals surface area contributed by atoms with Gasteiger partial charge in [0, 0.05) is 10.7 Å². The molecule has 0 aromatic heterocycles. The van der Waals surface area contributed by atoms with Gasteiger partial charge in [0.15, 0.2) is 0 Å². The van der Waals surface area contributed by atoms with E-state index in [-0.39, 0.29) is 12.5 Å². The highest BCUT2D eigenvalue weighted by atomic mass is 32.2. The third-order valence-corrected chi connectivity index (χ3v) is 6.26. The number of carbonyl (C=O) groups is 1.